The number of carbonyl (C=O) groups excluding carboxylic acids is 2. The van der Waals surface area contributed by atoms with Gasteiger partial charge in [-0.05, 0) is 48.7 Å². The third-order valence-corrected chi connectivity index (χ3v) is 4.81. The van der Waals surface area contributed by atoms with Crippen molar-refractivity contribution in [2.75, 3.05) is 24.7 Å². The molecular formula is C18H16F2N2O2S. The minimum atomic E-state index is -1.06. The number of thioether (sulfide) groups is 1. The summed E-state index contributed by atoms with van der Waals surface area (Å²) in [6, 6.07) is 10.5. The van der Waals surface area contributed by atoms with Crippen LogP contribution in [-0.2, 0) is 4.79 Å². The first kappa shape index (κ1) is 17.4. The van der Waals surface area contributed by atoms with Gasteiger partial charge in [-0.15, -0.1) is 11.8 Å². The molecule has 0 bridgehead atoms. The molecule has 2 aromatic carbocycles. The van der Waals surface area contributed by atoms with E-state index in [-0.39, 0.29) is 30.5 Å². The van der Waals surface area contributed by atoms with E-state index in [2.05, 4.69) is 5.32 Å². The first-order valence-electron chi connectivity index (χ1n) is 7.67. The fourth-order valence-electron chi connectivity index (χ4n) is 2.54. The van der Waals surface area contributed by atoms with Gasteiger partial charge in [-0.25, -0.2) is 8.78 Å². The van der Waals surface area contributed by atoms with Crippen molar-refractivity contribution >= 4 is 29.3 Å². The predicted octanol–water partition coefficient (Wildman–Crippen LogP) is 3.40. The summed E-state index contributed by atoms with van der Waals surface area (Å²) in [4.78, 5) is 26.9. The first-order chi connectivity index (χ1) is 12.0. The normalized spacial score (nSPS) is 14.1. The van der Waals surface area contributed by atoms with Crippen molar-refractivity contribution in [2.45, 2.75) is 4.90 Å². The van der Waals surface area contributed by atoms with Crippen molar-refractivity contribution in [3.8, 4) is 0 Å². The molecule has 1 saturated heterocycles. The number of nitrogens with one attached hydrogen (secondary N) is 1. The third-order valence-electron chi connectivity index (χ3n) is 4.06. The second-order valence-electron chi connectivity index (χ2n) is 5.75. The topological polar surface area (TPSA) is 49.4 Å². The van der Waals surface area contributed by atoms with Crippen LogP contribution in [0.4, 0.5) is 14.5 Å². The molecule has 0 atom stereocenters. The Labute approximate surface area is 148 Å². The Morgan fingerprint density at radius 1 is 1.08 bits per heavy atom. The molecule has 25 heavy (non-hydrogen) atoms. The molecule has 1 N–H and O–H groups in total. The van der Waals surface area contributed by atoms with Gasteiger partial charge in [0.05, 0.1) is 5.92 Å². The summed E-state index contributed by atoms with van der Waals surface area (Å²) < 4.78 is 26.1. The van der Waals surface area contributed by atoms with Crippen molar-refractivity contribution in [3.63, 3.8) is 0 Å². The highest BCUT2D eigenvalue weighted by molar-refractivity contribution is 7.98. The number of carbonyl (C=O) groups is 2. The standard InChI is InChI=1S/C18H16F2N2O2S/c1-25-14-5-3-13(4-6-14)21-17(23)12-9-22(10-12)18(24)11-2-7-15(19)16(20)8-11/h2-8,12H,9-10H2,1H3,(H,21,23). The Kier molecular flexibility index (Phi) is 5.03. The van der Waals surface area contributed by atoms with Gasteiger partial charge in [-0.2, -0.15) is 0 Å². The van der Waals surface area contributed by atoms with E-state index in [0.29, 0.717) is 5.69 Å². The van der Waals surface area contributed by atoms with E-state index in [1.54, 1.807) is 11.8 Å². The van der Waals surface area contributed by atoms with Crippen LogP contribution in [0.5, 0.6) is 0 Å². The molecule has 1 heterocycles. The van der Waals surface area contributed by atoms with Crippen molar-refractivity contribution in [1.82, 2.24) is 4.90 Å². The summed E-state index contributed by atoms with van der Waals surface area (Å²) in [6.45, 7) is 0.513. The van der Waals surface area contributed by atoms with E-state index in [4.69, 9.17) is 0 Å². The summed E-state index contributed by atoms with van der Waals surface area (Å²) in [6.07, 6.45) is 1.97. The number of benzene rings is 2. The van der Waals surface area contributed by atoms with Gasteiger partial charge in [0.25, 0.3) is 5.91 Å². The number of hydrogen-bond donors (Lipinski definition) is 1. The van der Waals surface area contributed by atoms with Crippen LogP contribution >= 0.6 is 11.8 Å². The third kappa shape index (κ3) is 3.82. The maximum Gasteiger partial charge on any atom is 0.254 e. The number of amides is 2. The van der Waals surface area contributed by atoms with Crippen LogP contribution in [-0.4, -0.2) is 36.1 Å². The van der Waals surface area contributed by atoms with Gasteiger partial charge in [0.15, 0.2) is 11.6 Å². The molecule has 0 radical (unpaired) electrons. The van der Waals surface area contributed by atoms with Crippen LogP contribution < -0.4 is 5.32 Å². The molecular weight excluding hydrogens is 346 g/mol. The Morgan fingerprint density at radius 2 is 1.76 bits per heavy atom. The Morgan fingerprint density at radius 3 is 2.36 bits per heavy atom. The fourth-order valence-corrected chi connectivity index (χ4v) is 2.95. The van der Waals surface area contributed by atoms with Crippen molar-refractivity contribution < 1.29 is 18.4 Å². The zero-order valence-electron chi connectivity index (χ0n) is 13.5. The number of hydrogen-bond acceptors (Lipinski definition) is 3. The van der Waals surface area contributed by atoms with Gasteiger partial charge in [0.2, 0.25) is 5.91 Å². The van der Waals surface area contributed by atoms with E-state index in [9.17, 15) is 18.4 Å². The van der Waals surface area contributed by atoms with E-state index in [1.807, 2.05) is 30.5 Å². The summed E-state index contributed by atoms with van der Waals surface area (Å²) in [5.41, 5.74) is 0.776. The van der Waals surface area contributed by atoms with E-state index in [0.717, 1.165) is 17.0 Å². The van der Waals surface area contributed by atoms with Gasteiger partial charge < -0.3 is 10.2 Å². The lowest BCUT2D eigenvalue weighted by molar-refractivity contribution is -0.123. The second-order valence-corrected chi connectivity index (χ2v) is 6.63. The Bertz CT molecular complexity index is 805. The number of likely N-dealkylation sites (tertiary alicyclic amines) is 1. The maximum absolute atomic E-state index is 13.2. The summed E-state index contributed by atoms with van der Waals surface area (Å²) >= 11 is 1.61. The van der Waals surface area contributed by atoms with Crippen LogP contribution in [0.3, 0.4) is 0 Å². The van der Waals surface area contributed by atoms with E-state index < -0.39 is 17.5 Å². The molecule has 7 heteroatoms. The lowest BCUT2D eigenvalue weighted by Gasteiger charge is -2.38. The second kappa shape index (κ2) is 7.23. The average Bonchev–Trinajstić information content (AvgIpc) is 2.56. The van der Waals surface area contributed by atoms with Crippen LogP contribution in [0, 0.1) is 17.6 Å². The maximum atomic E-state index is 13.2. The summed E-state index contributed by atoms with van der Waals surface area (Å²) in [7, 11) is 0. The molecule has 0 aromatic heterocycles. The van der Waals surface area contributed by atoms with Gasteiger partial charge in [0.1, 0.15) is 0 Å². The van der Waals surface area contributed by atoms with Crippen LogP contribution in [0.15, 0.2) is 47.4 Å². The van der Waals surface area contributed by atoms with Crippen molar-refractivity contribution in [1.29, 1.82) is 0 Å². The number of rotatable bonds is 4. The molecule has 1 fully saturated rings. The van der Waals surface area contributed by atoms with Gasteiger partial charge in [0, 0.05) is 29.2 Å². The SMILES string of the molecule is CSc1ccc(NC(=O)C2CN(C(=O)c3ccc(F)c(F)c3)C2)cc1. The van der Waals surface area contributed by atoms with Crippen LogP contribution in [0.1, 0.15) is 10.4 Å². The molecule has 1 aliphatic rings. The summed E-state index contributed by atoms with van der Waals surface area (Å²) in [5.74, 6) is -2.94. The highest BCUT2D eigenvalue weighted by Gasteiger charge is 2.36. The van der Waals surface area contributed by atoms with Gasteiger partial charge >= 0.3 is 0 Å². The quantitative estimate of drug-likeness (QED) is 0.848. The van der Waals surface area contributed by atoms with E-state index >= 15 is 0 Å². The highest BCUT2D eigenvalue weighted by atomic mass is 32.2. The smallest absolute Gasteiger partial charge is 0.254 e. The average molecular weight is 362 g/mol. The minimum absolute atomic E-state index is 0.0745. The molecule has 0 spiro atoms. The predicted molar refractivity (Wildman–Crippen MR) is 92.6 cm³/mol. The van der Waals surface area contributed by atoms with Gasteiger partial charge in [-0.1, -0.05) is 0 Å². The first-order valence-corrected chi connectivity index (χ1v) is 8.89. The Balaban J connectivity index is 1.54. The molecule has 130 valence electrons. The molecule has 3 rings (SSSR count). The van der Waals surface area contributed by atoms with E-state index in [1.165, 1.54) is 11.0 Å². The number of anilines is 1. The van der Waals surface area contributed by atoms with Crippen LogP contribution in [0.2, 0.25) is 0 Å². The van der Waals surface area contributed by atoms with Crippen molar-refractivity contribution in [2.24, 2.45) is 5.92 Å². The number of nitrogens with zero attached hydrogens (tertiary/aromatic N) is 1. The zero-order valence-corrected chi connectivity index (χ0v) is 14.3. The van der Waals surface area contributed by atoms with Crippen molar-refractivity contribution in [3.05, 3.63) is 59.7 Å². The molecule has 0 aliphatic carbocycles. The fraction of sp³-hybridized carbons (Fsp3) is 0.222. The Hall–Kier alpha value is -2.41. The molecule has 2 aromatic rings. The number of halogens is 2. The monoisotopic (exact) mass is 362 g/mol. The van der Waals surface area contributed by atoms with Crippen LogP contribution in [0.25, 0.3) is 0 Å². The largest absolute Gasteiger partial charge is 0.337 e. The zero-order chi connectivity index (χ0) is 18.0. The molecule has 4 nitrogen and oxygen atoms in total. The lowest BCUT2D eigenvalue weighted by atomic mass is 9.97. The lowest BCUT2D eigenvalue weighted by Crippen LogP contribution is -2.54. The highest BCUT2D eigenvalue weighted by Crippen LogP contribution is 2.22. The molecule has 0 saturated carbocycles. The van der Waals surface area contributed by atoms with Gasteiger partial charge in [-0.3, -0.25) is 9.59 Å². The molecule has 2 amide bonds. The molecule has 0 unspecified atom stereocenters. The summed E-state index contributed by atoms with van der Waals surface area (Å²) in [5, 5.41) is 2.82. The molecule has 1 aliphatic heterocycles. The minimum Gasteiger partial charge on any atom is -0.337 e.